The highest BCUT2D eigenvalue weighted by Gasteiger charge is 2.27. The Hall–Kier alpha value is -0.120. The van der Waals surface area contributed by atoms with Gasteiger partial charge in [0.25, 0.3) is 0 Å². The number of hydrogen-bond donors (Lipinski definition) is 3. The van der Waals surface area contributed by atoms with E-state index in [0.717, 1.165) is 38.8 Å². The molecule has 17 heavy (non-hydrogen) atoms. The van der Waals surface area contributed by atoms with Crippen LogP contribution in [0.25, 0.3) is 0 Å². The van der Waals surface area contributed by atoms with Crippen LogP contribution in [0.1, 0.15) is 52.4 Å². The lowest BCUT2D eigenvalue weighted by Gasteiger charge is -2.32. The van der Waals surface area contributed by atoms with Gasteiger partial charge in [0.1, 0.15) is 0 Å². The number of hydrogen-bond acceptors (Lipinski definition) is 3. The molecule has 1 aliphatic carbocycles. The smallest absolute Gasteiger partial charge is 0.0580 e. The molecule has 1 fully saturated rings. The molecule has 1 aliphatic rings. The van der Waals surface area contributed by atoms with Crippen molar-refractivity contribution in [3.05, 3.63) is 0 Å². The molecule has 0 aliphatic heterocycles. The van der Waals surface area contributed by atoms with Crippen LogP contribution in [0.5, 0.6) is 0 Å². The lowest BCUT2D eigenvalue weighted by Crippen LogP contribution is -2.41. The number of rotatable bonds is 7. The van der Waals surface area contributed by atoms with Crippen LogP contribution in [0, 0.1) is 11.3 Å². The van der Waals surface area contributed by atoms with E-state index in [1.54, 1.807) is 0 Å². The van der Waals surface area contributed by atoms with Gasteiger partial charge in [-0.2, -0.15) is 0 Å². The van der Waals surface area contributed by atoms with Crippen LogP contribution in [-0.2, 0) is 0 Å². The molecule has 0 bridgehead atoms. The van der Waals surface area contributed by atoms with Crippen molar-refractivity contribution in [2.75, 3.05) is 19.7 Å². The van der Waals surface area contributed by atoms with Gasteiger partial charge in [-0.15, -0.1) is 0 Å². The molecule has 0 heterocycles. The normalized spacial score (nSPS) is 26.1. The molecule has 0 aromatic carbocycles. The summed E-state index contributed by atoms with van der Waals surface area (Å²) in [5.74, 6) is 0.411. The maximum absolute atomic E-state index is 9.88. The van der Waals surface area contributed by atoms with Gasteiger partial charge in [0.05, 0.1) is 6.10 Å². The summed E-state index contributed by atoms with van der Waals surface area (Å²) >= 11 is 0. The van der Waals surface area contributed by atoms with Crippen molar-refractivity contribution >= 4 is 0 Å². The topological polar surface area (TPSA) is 52.5 Å². The SMILES string of the molecule is CCC(CC)(CO)CNCC1CCCCC1O. The van der Waals surface area contributed by atoms with Crippen molar-refractivity contribution in [1.82, 2.24) is 5.32 Å². The quantitative estimate of drug-likeness (QED) is 0.640. The Morgan fingerprint density at radius 1 is 1.18 bits per heavy atom. The van der Waals surface area contributed by atoms with Crippen molar-refractivity contribution in [3.8, 4) is 0 Å². The fourth-order valence-electron chi connectivity index (χ4n) is 2.73. The van der Waals surface area contributed by atoms with Crippen LogP contribution in [0.2, 0.25) is 0 Å². The van der Waals surface area contributed by atoms with E-state index in [4.69, 9.17) is 0 Å². The van der Waals surface area contributed by atoms with Crippen LogP contribution >= 0.6 is 0 Å². The summed E-state index contributed by atoms with van der Waals surface area (Å²) in [6.45, 7) is 6.27. The average Bonchev–Trinajstić information content (AvgIpc) is 2.37. The Morgan fingerprint density at radius 2 is 1.82 bits per heavy atom. The molecule has 0 aromatic heterocycles. The molecule has 3 nitrogen and oxygen atoms in total. The zero-order valence-corrected chi connectivity index (χ0v) is 11.4. The van der Waals surface area contributed by atoms with Gasteiger partial charge in [0.2, 0.25) is 0 Å². The highest BCUT2D eigenvalue weighted by molar-refractivity contribution is 4.81. The Balaban J connectivity index is 2.30. The summed E-state index contributed by atoms with van der Waals surface area (Å²) in [7, 11) is 0. The minimum Gasteiger partial charge on any atom is -0.396 e. The standard InChI is InChI=1S/C14H29NO2/c1-3-14(4-2,11-16)10-15-9-12-7-5-6-8-13(12)17/h12-13,15-17H,3-11H2,1-2H3. The van der Waals surface area contributed by atoms with Gasteiger partial charge >= 0.3 is 0 Å². The Bertz CT molecular complexity index is 196. The number of aliphatic hydroxyl groups excluding tert-OH is 2. The first-order chi connectivity index (χ1) is 8.17. The third-order valence-electron chi connectivity index (χ3n) is 4.61. The predicted octanol–water partition coefficient (Wildman–Crippen LogP) is 1.93. The molecule has 0 saturated heterocycles. The van der Waals surface area contributed by atoms with E-state index < -0.39 is 0 Å². The predicted molar refractivity (Wildman–Crippen MR) is 70.9 cm³/mol. The Labute approximate surface area is 106 Å². The third-order valence-corrected chi connectivity index (χ3v) is 4.61. The highest BCUT2D eigenvalue weighted by atomic mass is 16.3. The third kappa shape index (κ3) is 4.23. The molecule has 3 heteroatoms. The zero-order valence-electron chi connectivity index (χ0n) is 11.4. The first kappa shape index (κ1) is 14.9. The fourth-order valence-corrected chi connectivity index (χ4v) is 2.73. The first-order valence-corrected chi connectivity index (χ1v) is 7.17. The Morgan fingerprint density at radius 3 is 2.35 bits per heavy atom. The van der Waals surface area contributed by atoms with Gasteiger partial charge in [0.15, 0.2) is 0 Å². The summed E-state index contributed by atoms with van der Waals surface area (Å²) in [6, 6.07) is 0. The van der Waals surface area contributed by atoms with Crippen molar-refractivity contribution in [1.29, 1.82) is 0 Å². The highest BCUT2D eigenvalue weighted by Crippen LogP contribution is 2.26. The van der Waals surface area contributed by atoms with Crippen LogP contribution < -0.4 is 5.32 Å². The van der Waals surface area contributed by atoms with Crippen LogP contribution in [0.15, 0.2) is 0 Å². The summed E-state index contributed by atoms with van der Waals surface area (Å²) in [5, 5.41) is 22.8. The fraction of sp³-hybridized carbons (Fsp3) is 1.00. The summed E-state index contributed by atoms with van der Waals surface area (Å²) in [4.78, 5) is 0. The van der Waals surface area contributed by atoms with E-state index in [9.17, 15) is 10.2 Å². The van der Waals surface area contributed by atoms with E-state index in [2.05, 4.69) is 19.2 Å². The van der Waals surface area contributed by atoms with Crippen molar-refractivity contribution in [3.63, 3.8) is 0 Å². The second-order valence-corrected chi connectivity index (χ2v) is 5.61. The largest absolute Gasteiger partial charge is 0.396 e. The van der Waals surface area contributed by atoms with E-state index in [1.807, 2.05) is 0 Å². The first-order valence-electron chi connectivity index (χ1n) is 7.17. The summed E-state index contributed by atoms with van der Waals surface area (Å²) in [6.07, 6.45) is 6.39. The lowest BCUT2D eigenvalue weighted by molar-refractivity contribution is 0.0631. The monoisotopic (exact) mass is 243 g/mol. The van der Waals surface area contributed by atoms with Crippen molar-refractivity contribution in [2.45, 2.75) is 58.5 Å². The van der Waals surface area contributed by atoms with Crippen LogP contribution in [-0.4, -0.2) is 36.0 Å². The second kappa shape index (κ2) is 7.34. The molecule has 0 aromatic rings. The van der Waals surface area contributed by atoms with Gasteiger partial charge in [-0.3, -0.25) is 0 Å². The molecule has 102 valence electrons. The molecule has 1 saturated carbocycles. The van der Waals surface area contributed by atoms with Crippen LogP contribution in [0.4, 0.5) is 0 Å². The van der Waals surface area contributed by atoms with Crippen molar-refractivity contribution < 1.29 is 10.2 Å². The molecular formula is C14H29NO2. The maximum atomic E-state index is 9.88. The summed E-state index contributed by atoms with van der Waals surface area (Å²) < 4.78 is 0. The van der Waals surface area contributed by atoms with E-state index >= 15 is 0 Å². The average molecular weight is 243 g/mol. The molecule has 1 rings (SSSR count). The number of aliphatic hydroxyl groups is 2. The molecule has 3 N–H and O–H groups in total. The van der Waals surface area contributed by atoms with Gasteiger partial charge in [0, 0.05) is 25.1 Å². The van der Waals surface area contributed by atoms with Crippen molar-refractivity contribution in [2.24, 2.45) is 11.3 Å². The van der Waals surface area contributed by atoms with E-state index in [0.29, 0.717) is 5.92 Å². The van der Waals surface area contributed by atoms with Crippen LogP contribution in [0.3, 0.4) is 0 Å². The zero-order chi connectivity index (χ0) is 12.7. The minimum absolute atomic E-state index is 0.0274. The number of nitrogens with one attached hydrogen (secondary N) is 1. The van der Waals surface area contributed by atoms with E-state index in [1.165, 1.54) is 12.8 Å². The van der Waals surface area contributed by atoms with Gasteiger partial charge < -0.3 is 15.5 Å². The molecule has 2 unspecified atom stereocenters. The lowest BCUT2D eigenvalue weighted by atomic mass is 9.82. The molecule has 0 spiro atoms. The molecular weight excluding hydrogens is 214 g/mol. The second-order valence-electron chi connectivity index (χ2n) is 5.61. The maximum Gasteiger partial charge on any atom is 0.0580 e. The molecule has 0 radical (unpaired) electrons. The Kier molecular flexibility index (Phi) is 6.45. The van der Waals surface area contributed by atoms with Gasteiger partial charge in [-0.1, -0.05) is 26.7 Å². The summed E-state index contributed by atoms with van der Waals surface area (Å²) in [5.41, 5.74) is 0.0274. The minimum atomic E-state index is -0.122. The van der Waals surface area contributed by atoms with Gasteiger partial charge in [-0.25, -0.2) is 0 Å². The van der Waals surface area contributed by atoms with Gasteiger partial charge in [-0.05, 0) is 31.6 Å². The molecule has 0 amide bonds. The molecule has 2 atom stereocenters. The van der Waals surface area contributed by atoms with E-state index in [-0.39, 0.29) is 18.1 Å².